The van der Waals surface area contributed by atoms with Gasteiger partial charge >= 0.3 is 0 Å². The molecular weight excluding hydrogens is 140 g/mol. The van der Waals surface area contributed by atoms with Crippen molar-refractivity contribution in [1.82, 2.24) is 9.55 Å². The van der Waals surface area contributed by atoms with Gasteiger partial charge in [0.2, 0.25) is 5.95 Å². The summed E-state index contributed by atoms with van der Waals surface area (Å²) in [6.45, 7) is 1.68. The Labute approximate surface area is 65.4 Å². The monoisotopic (exact) mass is 152 g/mol. The van der Waals surface area contributed by atoms with Crippen molar-refractivity contribution < 1.29 is 0 Å². The molecule has 11 heavy (non-hydrogen) atoms. The van der Waals surface area contributed by atoms with Gasteiger partial charge in [-0.05, 0) is 6.42 Å². The van der Waals surface area contributed by atoms with Crippen LogP contribution in [-0.4, -0.2) is 22.6 Å². The van der Waals surface area contributed by atoms with Crippen LogP contribution < -0.4 is 11.1 Å². The van der Waals surface area contributed by atoms with E-state index in [0.29, 0.717) is 12.6 Å². The van der Waals surface area contributed by atoms with Crippen molar-refractivity contribution >= 4 is 5.95 Å². The van der Waals surface area contributed by atoms with Crippen molar-refractivity contribution in [3.8, 4) is 0 Å². The van der Waals surface area contributed by atoms with E-state index in [2.05, 4.69) is 14.9 Å². The molecular formula is C7H12N4. The molecule has 0 aromatic carbocycles. The lowest BCUT2D eigenvalue weighted by Gasteiger charge is -2.24. The molecule has 0 amide bonds. The van der Waals surface area contributed by atoms with Crippen molar-refractivity contribution in [2.75, 3.05) is 18.4 Å². The maximum Gasteiger partial charge on any atom is 0.203 e. The Balaban J connectivity index is 2.32. The van der Waals surface area contributed by atoms with Crippen molar-refractivity contribution in [3.63, 3.8) is 0 Å². The van der Waals surface area contributed by atoms with Crippen LogP contribution in [0.2, 0.25) is 0 Å². The Hall–Kier alpha value is -1.03. The van der Waals surface area contributed by atoms with Gasteiger partial charge in [0.1, 0.15) is 0 Å². The first-order valence-corrected chi connectivity index (χ1v) is 3.88. The molecule has 1 aromatic rings. The predicted molar refractivity (Wildman–Crippen MR) is 43.4 cm³/mol. The second-order valence-corrected chi connectivity index (χ2v) is 2.76. The Kier molecular flexibility index (Phi) is 1.54. The minimum atomic E-state index is 0.439. The van der Waals surface area contributed by atoms with Crippen molar-refractivity contribution in [3.05, 3.63) is 12.4 Å². The van der Waals surface area contributed by atoms with Gasteiger partial charge in [-0.3, -0.25) is 0 Å². The van der Waals surface area contributed by atoms with Gasteiger partial charge in [-0.1, -0.05) is 0 Å². The van der Waals surface area contributed by atoms with Crippen molar-refractivity contribution in [1.29, 1.82) is 0 Å². The predicted octanol–water partition coefficient (Wildman–Crippen LogP) is 0.198. The van der Waals surface area contributed by atoms with Gasteiger partial charge in [-0.15, -0.1) is 0 Å². The number of nitrogens with two attached hydrogens (primary N) is 1. The molecule has 4 heteroatoms. The average Bonchev–Trinajstić information content (AvgIpc) is 2.50. The van der Waals surface area contributed by atoms with E-state index in [-0.39, 0.29) is 0 Å². The molecule has 4 nitrogen and oxygen atoms in total. The molecule has 2 rings (SSSR count). The quantitative estimate of drug-likeness (QED) is 0.604. The van der Waals surface area contributed by atoms with E-state index in [4.69, 9.17) is 5.73 Å². The van der Waals surface area contributed by atoms with Gasteiger partial charge in [-0.2, -0.15) is 0 Å². The van der Waals surface area contributed by atoms with Crippen molar-refractivity contribution in [2.45, 2.75) is 12.5 Å². The maximum absolute atomic E-state index is 5.60. The molecule has 1 unspecified atom stereocenters. The number of nitrogens with zero attached hydrogens (tertiary/aromatic N) is 2. The lowest BCUT2D eigenvalue weighted by Crippen LogP contribution is -2.27. The summed E-state index contributed by atoms with van der Waals surface area (Å²) in [4.78, 5) is 4.15. The third-order valence-corrected chi connectivity index (χ3v) is 2.09. The van der Waals surface area contributed by atoms with Crippen LogP contribution in [0.25, 0.3) is 0 Å². The number of aromatic nitrogens is 2. The van der Waals surface area contributed by atoms with Gasteiger partial charge < -0.3 is 15.6 Å². The summed E-state index contributed by atoms with van der Waals surface area (Å²) in [6, 6.07) is 0.439. The number of fused-ring (bicyclic) bond motifs is 1. The number of anilines is 1. The summed E-state index contributed by atoms with van der Waals surface area (Å²) in [7, 11) is 0. The largest absolute Gasteiger partial charge is 0.356 e. The molecule has 1 aromatic heterocycles. The van der Waals surface area contributed by atoms with E-state index in [9.17, 15) is 0 Å². The Morgan fingerprint density at radius 2 is 2.73 bits per heavy atom. The van der Waals surface area contributed by atoms with E-state index in [1.54, 1.807) is 6.20 Å². The minimum Gasteiger partial charge on any atom is -0.356 e. The van der Waals surface area contributed by atoms with Crippen LogP contribution in [0.3, 0.4) is 0 Å². The molecule has 0 bridgehead atoms. The number of imidazole rings is 1. The first kappa shape index (κ1) is 6.67. The number of hydrogen-bond acceptors (Lipinski definition) is 3. The number of nitrogens with one attached hydrogen (secondary N) is 1. The Morgan fingerprint density at radius 1 is 1.82 bits per heavy atom. The lowest BCUT2D eigenvalue weighted by atomic mass is 10.2. The molecule has 0 fully saturated rings. The first-order valence-electron chi connectivity index (χ1n) is 3.88. The van der Waals surface area contributed by atoms with E-state index in [1.165, 1.54) is 0 Å². The lowest BCUT2D eigenvalue weighted by molar-refractivity contribution is 0.468. The van der Waals surface area contributed by atoms with E-state index in [0.717, 1.165) is 18.9 Å². The van der Waals surface area contributed by atoms with Crippen LogP contribution in [0.1, 0.15) is 12.5 Å². The van der Waals surface area contributed by atoms with Crippen LogP contribution in [-0.2, 0) is 0 Å². The van der Waals surface area contributed by atoms with Crippen LogP contribution in [0, 0.1) is 0 Å². The van der Waals surface area contributed by atoms with Gasteiger partial charge in [0.25, 0.3) is 0 Å². The number of hydrogen-bond donors (Lipinski definition) is 2. The Morgan fingerprint density at radius 3 is 3.55 bits per heavy atom. The molecule has 0 radical (unpaired) electrons. The molecule has 2 heterocycles. The molecule has 1 aliphatic heterocycles. The smallest absolute Gasteiger partial charge is 0.203 e. The normalized spacial score (nSPS) is 22.5. The highest BCUT2D eigenvalue weighted by Crippen LogP contribution is 2.20. The van der Waals surface area contributed by atoms with Crippen LogP contribution in [0.4, 0.5) is 5.95 Å². The second-order valence-electron chi connectivity index (χ2n) is 2.76. The van der Waals surface area contributed by atoms with Crippen LogP contribution in [0.5, 0.6) is 0 Å². The summed E-state index contributed by atoms with van der Waals surface area (Å²) >= 11 is 0. The highest BCUT2D eigenvalue weighted by atomic mass is 15.2. The summed E-state index contributed by atoms with van der Waals surface area (Å²) in [6.07, 6.45) is 4.87. The second kappa shape index (κ2) is 2.54. The molecule has 1 atom stereocenters. The zero-order chi connectivity index (χ0) is 7.68. The van der Waals surface area contributed by atoms with E-state index < -0.39 is 0 Å². The Bertz CT molecular complexity index is 242. The molecule has 1 aliphatic rings. The highest BCUT2D eigenvalue weighted by molar-refractivity contribution is 5.28. The van der Waals surface area contributed by atoms with E-state index in [1.807, 2.05) is 6.20 Å². The fraction of sp³-hybridized carbons (Fsp3) is 0.571. The van der Waals surface area contributed by atoms with Crippen molar-refractivity contribution in [2.24, 2.45) is 5.73 Å². The molecule has 60 valence electrons. The van der Waals surface area contributed by atoms with Crippen LogP contribution >= 0.6 is 0 Å². The SMILES string of the molecule is NCC1CCNc2nccn21. The number of rotatable bonds is 1. The van der Waals surface area contributed by atoms with Crippen LogP contribution in [0.15, 0.2) is 12.4 Å². The van der Waals surface area contributed by atoms with Gasteiger partial charge in [-0.25, -0.2) is 4.98 Å². The van der Waals surface area contributed by atoms with Gasteiger partial charge in [0.05, 0.1) is 6.04 Å². The topological polar surface area (TPSA) is 55.9 Å². The highest BCUT2D eigenvalue weighted by Gasteiger charge is 2.16. The summed E-state index contributed by atoms with van der Waals surface area (Å²) in [5, 5.41) is 3.20. The summed E-state index contributed by atoms with van der Waals surface area (Å²) in [5.74, 6) is 0.951. The fourth-order valence-corrected chi connectivity index (χ4v) is 1.47. The molecule has 0 aliphatic carbocycles. The molecule has 0 saturated carbocycles. The fourth-order valence-electron chi connectivity index (χ4n) is 1.47. The van der Waals surface area contributed by atoms with E-state index >= 15 is 0 Å². The third-order valence-electron chi connectivity index (χ3n) is 2.09. The summed E-state index contributed by atoms with van der Waals surface area (Å²) < 4.78 is 2.10. The van der Waals surface area contributed by atoms with Gasteiger partial charge in [0.15, 0.2) is 0 Å². The third kappa shape index (κ3) is 0.991. The average molecular weight is 152 g/mol. The standard InChI is InChI=1S/C7H12N4/c8-5-6-1-2-9-7-10-3-4-11(6)7/h3-4,6H,1-2,5,8H2,(H,9,10). The zero-order valence-electron chi connectivity index (χ0n) is 6.33. The minimum absolute atomic E-state index is 0.439. The molecule has 3 N–H and O–H groups in total. The first-order chi connectivity index (χ1) is 5.42. The maximum atomic E-state index is 5.60. The molecule has 0 spiro atoms. The zero-order valence-corrected chi connectivity index (χ0v) is 6.33. The summed E-state index contributed by atoms with van der Waals surface area (Å²) in [5.41, 5.74) is 5.60. The molecule has 0 saturated heterocycles. The van der Waals surface area contributed by atoms with Gasteiger partial charge in [0, 0.05) is 25.5 Å².